The van der Waals surface area contributed by atoms with Crippen molar-refractivity contribution in [3.63, 3.8) is 0 Å². The molecule has 8 rings (SSSR count). The topological polar surface area (TPSA) is 231 Å². The van der Waals surface area contributed by atoms with E-state index in [-0.39, 0.29) is 19.8 Å². The van der Waals surface area contributed by atoms with Crippen molar-refractivity contribution < 1.29 is 39.4 Å². The van der Waals surface area contributed by atoms with Gasteiger partial charge in [-0.25, -0.2) is 19.9 Å². The SMILES string of the molecule is CC#C[C@@]1(O)[C@H](O)[C@@H](CO)O[C@H]1n1ccc2c(N)ncnc21.CC#C[C@@]1(O)[C@H](OCc2ccc(Cl)cc2Cl)[C@@H](COCc2ccc(Cl)cc2Cl)O[C@H]1n1ccc2c(N)ncnc21. The fourth-order valence-electron chi connectivity index (χ4n) is 7.37. The Hall–Kier alpha value is -4.76. The standard InChI is InChI=1S/C28H24Cl4N4O4.C14H16N4O4/c1-2-8-28(37)24(39-13-17-4-6-19(30)11-22(17)32)23(14-38-12-16-3-5-18(29)10-21(16)31)40-27(28)36-9-7-20-25(33)34-15-35-26(20)36;1-2-4-14(21)10(20)9(6-19)22-13(14)18-5-3-8-11(15)16-7-17-12(8)18/h3-7,9-11,15,23-24,27,37H,12-14H2,1H3,(H2,33,34,35);3,5,7,9-10,13,19-21H,6H2,1H3,(H2,15,16,17)/t23-,24-,27-,28-;9-,10-,13-,14-/m11/s1. The van der Waals surface area contributed by atoms with E-state index in [4.69, 9.17) is 76.8 Å². The first kappa shape index (κ1) is 45.3. The van der Waals surface area contributed by atoms with Gasteiger partial charge in [-0.15, -0.1) is 11.8 Å². The van der Waals surface area contributed by atoms with Gasteiger partial charge in [0.25, 0.3) is 0 Å². The van der Waals surface area contributed by atoms with Gasteiger partial charge < -0.3 is 60.0 Å². The minimum absolute atomic E-state index is 0.0541. The molecule has 6 aromatic rings. The molecule has 0 bridgehead atoms. The lowest BCUT2D eigenvalue weighted by molar-refractivity contribution is -0.0898. The molecule has 6 heterocycles. The van der Waals surface area contributed by atoms with Crippen molar-refractivity contribution in [3.05, 3.63) is 105 Å². The maximum absolute atomic E-state index is 12.1. The predicted octanol–water partition coefficient (Wildman–Crippen LogP) is 5.10. The van der Waals surface area contributed by atoms with Crippen LogP contribution in [0.3, 0.4) is 0 Å². The van der Waals surface area contributed by atoms with Crippen LogP contribution in [0.2, 0.25) is 20.1 Å². The van der Waals surface area contributed by atoms with Crippen molar-refractivity contribution in [1.29, 1.82) is 0 Å². The van der Waals surface area contributed by atoms with Crippen LogP contribution < -0.4 is 11.5 Å². The quantitative estimate of drug-likeness (QED) is 0.0983. The largest absolute Gasteiger partial charge is 0.394 e. The molecule has 2 saturated heterocycles. The number of nitrogens with zero attached hydrogens (tertiary/aromatic N) is 6. The molecule has 4 aromatic heterocycles. The highest BCUT2D eigenvalue weighted by Crippen LogP contribution is 2.43. The number of hydrogen-bond acceptors (Lipinski definition) is 14. The van der Waals surface area contributed by atoms with Gasteiger partial charge >= 0.3 is 0 Å². The lowest BCUT2D eigenvalue weighted by Gasteiger charge is -2.30. The van der Waals surface area contributed by atoms with Crippen LogP contribution in [-0.2, 0) is 32.2 Å². The molecule has 2 fully saturated rings. The summed E-state index contributed by atoms with van der Waals surface area (Å²) < 4.78 is 27.5. The summed E-state index contributed by atoms with van der Waals surface area (Å²) in [7, 11) is 0. The number of ether oxygens (including phenoxy) is 4. The molecule has 0 spiro atoms. The second kappa shape index (κ2) is 18.9. The van der Waals surface area contributed by atoms with Gasteiger partial charge in [-0.2, -0.15) is 0 Å². The van der Waals surface area contributed by atoms with E-state index in [0.717, 1.165) is 5.56 Å². The summed E-state index contributed by atoms with van der Waals surface area (Å²) in [4.78, 5) is 16.4. The number of nitrogens with two attached hydrogens (primary N) is 2. The lowest BCUT2D eigenvalue weighted by atomic mass is 9.94. The van der Waals surface area contributed by atoms with E-state index in [9.17, 15) is 20.4 Å². The average molecular weight is 927 g/mol. The lowest BCUT2D eigenvalue weighted by Crippen LogP contribution is -2.47. The molecule has 2 aliphatic rings. The zero-order chi connectivity index (χ0) is 44.3. The van der Waals surface area contributed by atoms with Crippen LogP contribution in [-0.4, -0.2) is 98.3 Å². The second-order valence-electron chi connectivity index (χ2n) is 14.2. The van der Waals surface area contributed by atoms with Crippen LogP contribution in [0.25, 0.3) is 22.1 Å². The Labute approximate surface area is 375 Å². The van der Waals surface area contributed by atoms with Crippen molar-refractivity contribution in [2.45, 2.75) is 75.1 Å². The molecule has 324 valence electrons. The third-order valence-electron chi connectivity index (χ3n) is 10.3. The number of aromatic nitrogens is 6. The highest BCUT2D eigenvalue weighted by molar-refractivity contribution is 6.35. The first-order chi connectivity index (χ1) is 29.7. The van der Waals surface area contributed by atoms with E-state index < -0.39 is 54.7 Å². The first-order valence-corrected chi connectivity index (χ1v) is 20.4. The molecule has 0 radical (unpaired) electrons. The number of benzene rings is 2. The summed E-state index contributed by atoms with van der Waals surface area (Å²) >= 11 is 24.8. The molecule has 62 heavy (non-hydrogen) atoms. The normalized spacial score (nSPS) is 25.5. The zero-order valence-corrected chi connectivity index (χ0v) is 36.0. The maximum atomic E-state index is 12.1. The zero-order valence-electron chi connectivity index (χ0n) is 33.0. The van der Waals surface area contributed by atoms with Crippen molar-refractivity contribution in [2.75, 3.05) is 24.7 Å². The molecule has 20 heteroatoms. The van der Waals surface area contributed by atoms with Crippen LogP contribution in [0, 0.1) is 23.7 Å². The van der Waals surface area contributed by atoms with Gasteiger partial charge in [0.15, 0.2) is 23.7 Å². The molecule has 0 aliphatic carbocycles. The fourth-order valence-corrected chi connectivity index (χ4v) is 8.29. The van der Waals surface area contributed by atoms with Gasteiger partial charge in [0.05, 0.1) is 37.2 Å². The van der Waals surface area contributed by atoms with Crippen LogP contribution in [0.4, 0.5) is 11.6 Å². The van der Waals surface area contributed by atoms with Crippen LogP contribution in [0.15, 0.2) is 73.6 Å². The van der Waals surface area contributed by atoms with Gasteiger partial charge in [-0.1, -0.05) is 70.4 Å². The third-order valence-corrected chi connectivity index (χ3v) is 11.5. The maximum Gasteiger partial charge on any atom is 0.199 e. The summed E-state index contributed by atoms with van der Waals surface area (Å²) in [6, 6.07) is 13.7. The molecule has 2 aromatic carbocycles. The molecular weight excluding hydrogens is 886 g/mol. The van der Waals surface area contributed by atoms with Gasteiger partial charge in [-0.3, -0.25) is 0 Å². The summed E-state index contributed by atoms with van der Waals surface area (Å²) in [5.74, 6) is 11.5. The molecule has 0 amide bonds. The van der Waals surface area contributed by atoms with Crippen LogP contribution in [0.5, 0.6) is 0 Å². The summed E-state index contributed by atoms with van der Waals surface area (Å²) in [5.41, 5.74) is 10.5. The number of aliphatic hydroxyl groups is 4. The van der Waals surface area contributed by atoms with Gasteiger partial charge in [0.1, 0.15) is 60.0 Å². The molecule has 8 N–H and O–H groups in total. The Morgan fingerprint density at radius 3 is 1.74 bits per heavy atom. The molecular formula is C42H40Cl4N8O8. The van der Waals surface area contributed by atoms with Crippen molar-refractivity contribution in [2.24, 2.45) is 0 Å². The number of fused-ring (bicyclic) bond motifs is 2. The third kappa shape index (κ3) is 8.76. The number of anilines is 2. The van der Waals surface area contributed by atoms with E-state index in [1.165, 1.54) is 17.2 Å². The Bertz CT molecular complexity index is 2720. The first-order valence-electron chi connectivity index (χ1n) is 18.9. The molecule has 0 unspecified atom stereocenters. The number of aliphatic hydroxyl groups excluding tert-OH is 2. The van der Waals surface area contributed by atoms with Gasteiger partial charge in [-0.05, 0) is 61.4 Å². The fraction of sp³-hybridized carbons (Fsp3) is 0.333. The van der Waals surface area contributed by atoms with Crippen molar-refractivity contribution >= 4 is 80.1 Å². The molecule has 0 saturated carbocycles. The van der Waals surface area contributed by atoms with Gasteiger partial charge in [0, 0.05) is 32.5 Å². The molecule has 2 aliphatic heterocycles. The number of halogens is 4. The number of hydrogen-bond donors (Lipinski definition) is 6. The molecule has 8 atom stereocenters. The van der Waals surface area contributed by atoms with Crippen molar-refractivity contribution in [3.8, 4) is 23.7 Å². The minimum atomic E-state index is -1.87. The van der Waals surface area contributed by atoms with E-state index in [2.05, 4.69) is 43.6 Å². The Kier molecular flexibility index (Phi) is 13.8. The molecule has 16 nitrogen and oxygen atoms in total. The Morgan fingerprint density at radius 2 is 1.23 bits per heavy atom. The van der Waals surface area contributed by atoms with E-state index >= 15 is 0 Å². The van der Waals surface area contributed by atoms with E-state index in [1.54, 1.807) is 79.3 Å². The van der Waals surface area contributed by atoms with Crippen molar-refractivity contribution in [1.82, 2.24) is 29.1 Å². The van der Waals surface area contributed by atoms with Crippen LogP contribution >= 0.6 is 46.4 Å². The number of rotatable bonds is 10. The summed E-state index contributed by atoms with van der Waals surface area (Å²) in [6.07, 6.45) is -0.0579. The van der Waals surface area contributed by atoms with Crippen LogP contribution in [0.1, 0.15) is 37.4 Å². The van der Waals surface area contributed by atoms with E-state index in [0.29, 0.717) is 59.4 Å². The number of nitrogen functional groups attached to an aromatic ring is 2. The second-order valence-corrected chi connectivity index (χ2v) is 15.9. The highest BCUT2D eigenvalue weighted by Gasteiger charge is 2.58. The highest BCUT2D eigenvalue weighted by atomic mass is 35.5. The Morgan fingerprint density at radius 1 is 0.726 bits per heavy atom. The predicted molar refractivity (Wildman–Crippen MR) is 233 cm³/mol. The smallest absolute Gasteiger partial charge is 0.199 e. The summed E-state index contributed by atoms with van der Waals surface area (Å²) in [6.45, 7) is 3.03. The monoisotopic (exact) mass is 924 g/mol. The Balaban J connectivity index is 0.000000221. The van der Waals surface area contributed by atoms with E-state index in [1.807, 2.05) is 0 Å². The van der Waals surface area contributed by atoms with Gasteiger partial charge in [0.2, 0.25) is 0 Å². The summed E-state index contributed by atoms with van der Waals surface area (Å²) in [5, 5.41) is 45.5. The minimum Gasteiger partial charge on any atom is -0.394 e. The average Bonchev–Trinajstić information content (AvgIpc) is 3.99.